The molecule has 2 aromatic heterocycles. The number of halogens is 3. The summed E-state index contributed by atoms with van der Waals surface area (Å²) in [6, 6.07) is 9.50. The van der Waals surface area contributed by atoms with Crippen molar-refractivity contribution in [2.45, 2.75) is 24.8 Å². The van der Waals surface area contributed by atoms with E-state index in [1.807, 2.05) is 31.2 Å². The first-order chi connectivity index (χ1) is 13.2. The smallest absolute Gasteiger partial charge is 0.335 e. The molecule has 0 radical (unpaired) electrons. The van der Waals surface area contributed by atoms with Crippen LogP contribution < -0.4 is 11.2 Å². The van der Waals surface area contributed by atoms with Crippen LogP contribution >= 0.6 is 11.8 Å². The molecule has 12 heteroatoms. The summed E-state index contributed by atoms with van der Waals surface area (Å²) in [5, 5.41) is 13.0. The summed E-state index contributed by atoms with van der Waals surface area (Å²) in [6.07, 6.45) is -3.17. The number of nitrogens with two attached hydrogens (primary N) is 1. The van der Waals surface area contributed by atoms with E-state index in [2.05, 4.69) is 20.6 Å². The van der Waals surface area contributed by atoms with Crippen LogP contribution in [0.4, 0.5) is 19.0 Å². The molecule has 28 heavy (non-hydrogen) atoms. The highest BCUT2D eigenvalue weighted by Gasteiger charge is 2.38. The molecular weight excluding hydrogens is 395 g/mol. The fraction of sp³-hybridized carbons (Fsp3) is 0.250. The predicted octanol–water partition coefficient (Wildman–Crippen LogP) is 2.29. The summed E-state index contributed by atoms with van der Waals surface area (Å²) >= 11 is 0.748. The molecule has 0 saturated carbocycles. The van der Waals surface area contributed by atoms with Crippen molar-refractivity contribution in [1.29, 1.82) is 0 Å². The fourth-order valence-corrected chi connectivity index (χ4v) is 3.08. The number of benzene rings is 1. The van der Waals surface area contributed by atoms with E-state index in [0.29, 0.717) is 17.0 Å². The zero-order valence-electron chi connectivity index (χ0n) is 14.6. The first-order valence-electron chi connectivity index (χ1n) is 8.02. The quantitative estimate of drug-likeness (QED) is 0.477. The molecule has 3 N–H and O–H groups in total. The molecule has 0 atom stereocenters. The molecule has 3 rings (SSSR count). The van der Waals surface area contributed by atoms with Crippen LogP contribution in [-0.4, -0.2) is 36.3 Å². The van der Waals surface area contributed by atoms with Crippen molar-refractivity contribution in [2.75, 3.05) is 16.9 Å². The summed E-state index contributed by atoms with van der Waals surface area (Å²) in [5.74, 6) is 3.85. The lowest BCUT2D eigenvalue weighted by molar-refractivity contribution is -0.146. The fourth-order valence-electron chi connectivity index (χ4n) is 2.43. The second-order valence-electron chi connectivity index (χ2n) is 5.87. The SMILES string of the molecule is Cc1cccc(Cn2nccc2NC(=O)CSc2nnc(C(F)(F)F)n2N)c1. The number of hydrogen-bond acceptors (Lipinski definition) is 6. The van der Waals surface area contributed by atoms with Crippen molar-refractivity contribution in [3.63, 3.8) is 0 Å². The maximum absolute atomic E-state index is 12.7. The number of thioether (sulfide) groups is 1. The minimum absolute atomic E-state index is 0.192. The Kier molecular flexibility index (Phi) is 5.58. The molecule has 148 valence electrons. The third kappa shape index (κ3) is 4.63. The van der Waals surface area contributed by atoms with Gasteiger partial charge in [-0.3, -0.25) is 4.79 Å². The number of aryl methyl sites for hydroxylation is 1. The molecular formula is C16H16F3N7OS. The van der Waals surface area contributed by atoms with Gasteiger partial charge in [0.2, 0.25) is 11.1 Å². The highest BCUT2D eigenvalue weighted by molar-refractivity contribution is 7.99. The van der Waals surface area contributed by atoms with Crippen LogP contribution in [0.2, 0.25) is 0 Å². The van der Waals surface area contributed by atoms with Gasteiger partial charge in [0.05, 0.1) is 18.5 Å². The first-order valence-corrected chi connectivity index (χ1v) is 9.00. The Bertz CT molecular complexity index is 983. The Morgan fingerprint density at radius 2 is 2.07 bits per heavy atom. The summed E-state index contributed by atoms with van der Waals surface area (Å²) in [4.78, 5) is 12.2. The minimum atomic E-state index is -4.72. The maximum atomic E-state index is 12.7. The predicted molar refractivity (Wildman–Crippen MR) is 97.0 cm³/mol. The van der Waals surface area contributed by atoms with Gasteiger partial charge in [0.1, 0.15) is 5.82 Å². The van der Waals surface area contributed by atoms with E-state index in [-0.39, 0.29) is 10.9 Å². The molecule has 0 spiro atoms. The molecule has 1 aromatic carbocycles. The summed E-state index contributed by atoms with van der Waals surface area (Å²) < 4.78 is 39.9. The number of aromatic nitrogens is 5. The zero-order chi connectivity index (χ0) is 20.3. The second-order valence-corrected chi connectivity index (χ2v) is 6.82. The minimum Gasteiger partial charge on any atom is -0.335 e. The molecule has 0 unspecified atom stereocenters. The van der Waals surface area contributed by atoms with Gasteiger partial charge in [0, 0.05) is 6.07 Å². The number of nitrogens with one attached hydrogen (secondary N) is 1. The average Bonchev–Trinajstić information content (AvgIpc) is 3.19. The lowest BCUT2D eigenvalue weighted by Crippen LogP contribution is -2.22. The Hall–Kier alpha value is -3.02. The molecule has 2 heterocycles. The van der Waals surface area contributed by atoms with Gasteiger partial charge >= 0.3 is 6.18 Å². The van der Waals surface area contributed by atoms with Gasteiger partial charge < -0.3 is 11.2 Å². The number of carbonyl (C=O) groups excluding carboxylic acids is 1. The van der Waals surface area contributed by atoms with Crippen molar-refractivity contribution in [3.05, 3.63) is 53.5 Å². The summed E-state index contributed by atoms with van der Waals surface area (Å²) in [7, 11) is 0. The van der Waals surface area contributed by atoms with Gasteiger partial charge in [-0.25, -0.2) is 9.36 Å². The monoisotopic (exact) mass is 411 g/mol. The number of hydrogen-bond donors (Lipinski definition) is 2. The molecule has 0 fully saturated rings. The Balaban J connectivity index is 1.61. The third-order valence-electron chi connectivity index (χ3n) is 3.65. The van der Waals surface area contributed by atoms with E-state index in [9.17, 15) is 18.0 Å². The number of nitrogen functional groups attached to an aromatic ring is 1. The topological polar surface area (TPSA) is 104 Å². The van der Waals surface area contributed by atoms with Crippen molar-refractivity contribution >= 4 is 23.5 Å². The van der Waals surface area contributed by atoms with Gasteiger partial charge in [-0.05, 0) is 12.5 Å². The van der Waals surface area contributed by atoms with Crippen molar-refractivity contribution in [2.24, 2.45) is 0 Å². The van der Waals surface area contributed by atoms with E-state index >= 15 is 0 Å². The average molecular weight is 411 g/mol. The van der Waals surface area contributed by atoms with E-state index in [1.54, 1.807) is 16.9 Å². The van der Waals surface area contributed by atoms with Crippen molar-refractivity contribution < 1.29 is 18.0 Å². The third-order valence-corrected chi connectivity index (χ3v) is 4.59. The van der Waals surface area contributed by atoms with Crippen LogP contribution in [-0.2, 0) is 17.5 Å². The highest BCUT2D eigenvalue weighted by Crippen LogP contribution is 2.28. The molecule has 3 aromatic rings. The molecule has 1 amide bonds. The van der Waals surface area contributed by atoms with E-state index < -0.39 is 17.9 Å². The Morgan fingerprint density at radius 3 is 2.75 bits per heavy atom. The Labute approximate surface area is 161 Å². The molecule has 8 nitrogen and oxygen atoms in total. The lowest BCUT2D eigenvalue weighted by atomic mass is 10.1. The van der Waals surface area contributed by atoms with Crippen LogP contribution in [0.5, 0.6) is 0 Å². The van der Waals surface area contributed by atoms with Gasteiger partial charge in [0.15, 0.2) is 0 Å². The number of amides is 1. The number of carbonyl (C=O) groups is 1. The maximum Gasteiger partial charge on any atom is 0.453 e. The lowest BCUT2D eigenvalue weighted by Gasteiger charge is -2.10. The van der Waals surface area contributed by atoms with Crippen molar-refractivity contribution in [3.8, 4) is 0 Å². The zero-order valence-corrected chi connectivity index (χ0v) is 15.5. The summed E-state index contributed by atoms with van der Waals surface area (Å²) in [5.41, 5.74) is 2.13. The number of rotatable bonds is 6. The van der Waals surface area contributed by atoms with Crippen LogP contribution in [0.1, 0.15) is 17.0 Å². The number of nitrogens with zero attached hydrogens (tertiary/aromatic N) is 5. The van der Waals surface area contributed by atoms with Gasteiger partial charge in [0.25, 0.3) is 5.82 Å². The molecule has 0 aliphatic rings. The highest BCUT2D eigenvalue weighted by atomic mass is 32.2. The van der Waals surface area contributed by atoms with Crippen LogP contribution in [0, 0.1) is 6.92 Å². The molecule has 0 aliphatic carbocycles. The largest absolute Gasteiger partial charge is 0.453 e. The molecule has 0 aliphatic heterocycles. The van der Waals surface area contributed by atoms with Crippen LogP contribution in [0.15, 0.2) is 41.7 Å². The van der Waals surface area contributed by atoms with E-state index in [4.69, 9.17) is 5.84 Å². The van der Waals surface area contributed by atoms with Crippen LogP contribution in [0.25, 0.3) is 0 Å². The van der Waals surface area contributed by atoms with E-state index in [0.717, 1.165) is 22.9 Å². The normalized spacial score (nSPS) is 11.6. The van der Waals surface area contributed by atoms with Crippen molar-refractivity contribution in [1.82, 2.24) is 24.7 Å². The van der Waals surface area contributed by atoms with Gasteiger partial charge in [-0.15, -0.1) is 10.2 Å². The number of anilines is 1. The van der Waals surface area contributed by atoms with Gasteiger partial charge in [-0.1, -0.05) is 41.6 Å². The number of alkyl halides is 3. The summed E-state index contributed by atoms with van der Waals surface area (Å²) in [6.45, 7) is 2.44. The molecule has 0 saturated heterocycles. The molecule has 0 bridgehead atoms. The van der Waals surface area contributed by atoms with E-state index in [1.165, 1.54) is 0 Å². The second kappa shape index (κ2) is 7.92. The van der Waals surface area contributed by atoms with Crippen LogP contribution in [0.3, 0.4) is 0 Å². The Morgan fingerprint density at radius 1 is 1.29 bits per heavy atom. The van der Waals surface area contributed by atoms with Gasteiger partial charge in [-0.2, -0.15) is 18.3 Å². The standard InChI is InChI=1S/C16H16F3N7OS/c1-10-3-2-4-11(7-10)8-25-12(5-6-21-25)22-13(27)9-28-15-24-23-14(26(15)20)16(17,18)19/h2-7H,8-9,20H2,1H3,(H,22,27). The first kappa shape index (κ1) is 19.7.